The molecule has 0 amide bonds. The van der Waals surface area contributed by atoms with Crippen LogP contribution in [0.5, 0.6) is 0 Å². The van der Waals surface area contributed by atoms with Crippen LogP contribution in [0.4, 0.5) is 0 Å². The molecular formula is C46H81NO6. The topological polar surface area (TPSA) is 74.3 Å². The van der Waals surface area contributed by atoms with Crippen LogP contribution in [-0.4, -0.2) is 68.7 Å². The molecule has 1 saturated heterocycles. The zero-order valence-corrected chi connectivity index (χ0v) is 35.1. The van der Waals surface area contributed by atoms with Crippen LogP contribution in [0.2, 0.25) is 0 Å². The van der Waals surface area contributed by atoms with E-state index in [1.165, 1.54) is 51.4 Å². The van der Waals surface area contributed by atoms with Crippen LogP contribution in [0.25, 0.3) is 0 Å². The van der Waals surface area contributed by atoms with Gasteiger partial charge in [0.25, 0.3) is 0 Å². The van der Waals surface area contributed by atoms with Crippen LogP contribution in [0.15, 0.2) is 29.8 Å². The van der Waals surface area contributed by atoms with E-state index in [0.29, 0.717) is 38.6 Å². The average molecular weight is 744 g/mol. The summed E-state index contributed by atoms with van der Waals surface area (Å²) in [6.45, 7) is 16.1. The first kappa shape index (κ1) is 48.9. The predicted octanol–water partition coefficient (Wildman–Crippen LogP) is 11.8. The second kappa shape index (κ2) is 33.3. The molecule has 7 heteroatoms. The van der Waals surface area contributed by atoms with Gasteiger partial charge in [0.1, 0.15) is 0 Å². The zero-order valence-electron chi connectivity index (χ0n) is 35.1. The first-order chi connectivity index (χ1) is 25.8. The van der Waals surface area contributed by atoms with Crippen LogP contribution >= 0.6 is 0 Å². The number of hydrogen-bond acceptors (Lipinski definition) is 7. The maximum Gasteiger partial charge on any atom is 0.306 e. The number of unbranched alkanes of at least 4 members (excludes halogenated alkanes) is 14. The Balaban J connectivity index is 2.31. The van der Waals surface area contributed by atoms with E-state index in [1.807, 2.05) is 6.08 Å². The Morgan fingerprint density at radius 1 is 0.792 bits per heavy atom. The fourth-order valence-electron chi connectivity index (χ4n) is 7.02. The lowest BCUT2D eigenvalue weighted by atomic mass is 9.98. The van der Waals surface area contributed by atoms with Crippen LogP contribution in [0, 0.1) is 11.8 Å². The number of carbonyl (C=O) groups excluding carboxylic acids is 2. The molecule has 0 bridgehead atoms. The molecule has 0 aromatic heterocycles. The molecule has 1 fully saturated rings. The molecule has 1 aliphatic heterocycles. The van der Waals surface area contributed by atoms with Crippen molar-refractivity contribution >= 4 is 11.9 Å². The second-order valence-corrected chi connectivity index (χ2v) is 15.7. The van der Waals surface area contributed by atoms with E-state index in [0.717, 1.165) is 109 Å². The summed E-state index contributed by atoms with van der Waals surface area (Å²) in [4.78, 5) is 26.9. The summed E-state index contributed by atoms with van der Waals surface area (Å²) in [6.07, 6.45) is 28.5. The molecule has 4 unspecified atom stereocenters. The minimum Gasteiger partial charge on any atom is -0.466 e. The van der Waals surface area contributed by atoms with Crippen molar-refractivity contribution < 1.29 is 28.5 Å². The van der Waals surface area contributed by atoms with Gasteiger partial charge in [-0.25, -0.2) is 0 Å². The van der Waals surface area contributed by atoms with Gasteiger partial charge in [0.05, 0.1) is 32.3 Å². The maximum atomic E-state index is 12.4. The quantitative estimate of drug-likeness (QED) is 0.0363. The third-order valence-corrected chi connectivity index (χ3v) is 10.6. The monoisotopic (exact) mass is 744 g/mol. The van der Waals surface area contributed by atoms with Gasteiger partial charge in [0.2, 0.25) is 0 Å². The molecule has 0 aliphatic carbocycles. The van der Waals surface area contributed by atoms with Gasteiger partial charge in [-0.1, -0.05) is 135 Å². The highest BCUT2D eigenvalue weighted by Gasteiger charge is 2.40. The van der Waals surface area contributed by atoms with Crippen LogP contribution in [-0.2, 0) is 28.5 Å². The number of rotatable bonds is 35. The van der Waals surface area contributed by atoms with Gasteiger partial charge in [0.15, 0.2) is 5.79 Å². The molecule has 0 saturated carbocycles. The van der Waals surface area contributed by atoms with Crippen molar-refractivity contribution in [3.8, 4) is 0 Å². The standard InChI is InChI=1S/C46H81NO6/c1-7-11-22-29-41(5)38-44(48)50-36-27-20-16-14-18-25-33-46(52-40-43(53-46)32-35-47(6)10-4)34-26-19-15-17-21-28-37-51-45(49)39-42(30-23-12-8-2)31-24-13-9-3/h30,41-43H,2,7,9-11,13-22,24-29,31-40H2,1,3-6H3. The second-order valence-electron chi connectivity index (χ2n) is 15.7. The Morgan fingerprint density at radius 2 is 1.34 bits per heavy atom. The van der Waals surface area contributed by atoms with Crippen LogP contribution in [0.3, 0.4) is 0 Å². The molecule has 1 rings (SSSR count). The normalized spacial score (nSPS) is 17.9. The van der Waals surface area contributed by atoms with Crippen molar-refractivity contribution in [2.75, 3.05) is 40.0 Å². The minimum atomic E-state index is -0.438. The Labute approximate surface area is 326 Å². The lowest BCUT2D eigenvalue weighted by molar-refractivity contribution is -0.180. The zero-order chi connectivity index (χ0) is 38.8. The summed E-state index contributed by atoms with van der Waals surface area (Å²) >= 11 is 0. The van der Waals surface area contributed by atoms with Gasteiger partial charge in [0, 0.05) is 25.8 Å². The van der Waals surface area contributed by atoms with Gasteiger partial charge in [-0.2, -0.15) is 0 Å². The molecule has 0 radical (unpaired) electrons. The summed E-state index contributed by atoms with van der Waals surface area (Å²) in [5, 5.41) is 0. The van der Waals surface area contributed by atoms with E-state index < -0.39 is 5.79 Å². The summed E-state index contributed by atoms with van der Waals surface area (Å²) < 4.78 is 24.2. The lowest BCUT2D eigenvalue weighted by Gasteiger charge is -2.29. The summed E-state index contributed by atoms with van der Waals surface area (Å²) in [5.74, 6) is -0.0378. The maximum absolute atomic E-state index is 12.4. The fraction of sp³-hybridized carbons (Fsp3) is 0.848. The molecule has 4 atom stereocenters. The summed E-state index contributed by atoms with van der Waals surface area (Å²) in [7, 11) is 2.16. The van der Waals surface area contributed by atoms with Gasteiger partial charge in [-0.15, -0.1) is 0 Å². The average Bonchev–Trinajstić information content (AvgIpc) is 3.55. The molecular weight excluding hydrogens is 663 g/mol. The number of carbonyl (C=O) groups is 2. The Morgan fingerprint density at radius 3 is 1.91 bits per heavy atom. The van der Waals surface area contributed by atoms with Gasteiger partial charge in [-0.05, 0) is 82.3 Å². The molecule has 0 aromatic rings. The van der Waals surface area contributed by atoms with Crippen LogP contribution in [0.1, 0.15) is 188 Å². The van der Waals surface area contributed by atoms with E-state index in [1.54, 1.807) is 0 Å². The highest BCUT2D eigenvalue weighted by Crippen LogP contribution is 2.35. The van der Waals surface area contributed by atoms with E-state index in [9.17, 15) is 9.59 Å². The lowest BCUT2D eigenvalue weighted by Crippen LogP contribution is -2.32. The third-order valence-electron chi connectivity index (χ3n) is 10.6. The van der Waals surface area contributed by atoms with E-state index in [2.05, 4.69) is 63.4 Å². The fourth-order valence-corrected chi connectivity index (χ4v) is 7.02. The third kappa shape index (κ3) is 27.2. The van der Waals surface area contributed by atoms with E-state index in [-0.39, 0.29) is 24.0 Å². The first-order valence-electron chi connectivity index (χ1n) is 21.9. The molecule has 1 aliphatic rings. The Bertz CT molecular complexity index is 1040. The van der Waals surface area contributed by atoms with Crippen molar-refractivity contribution in [2.24, 2.45) is 11.8 Å². The molecule has 53 heavy (non-hydrogen) atoms. The highest BCUT2D eigenvalue weighted by molar-refractivity contribution is 5.70. The largest absolute Gasteiger partial charge is 0.466 e. The smallest absolute Gasteiger partial charge is 0.306 e. The molecule has 0 aromatic carbocycles. The predicted molar refractivity (Wildman–Crippen MR) is 219 cm³/mol. The van der Waals surface area contributed by atoms with Crippen molar-refractivity contribution in [3.05, 3.63) is 29.8 Å². The number of esters is 2. The minimum absolute atomic E-state index is 0.0317. The summed E-state index contributed by atoms with van der Waals surface area (Å²) in [6, 6.07) is 0. The van der Waals surface area contributed by atoms with Crippen molar-refractivity contribution in [2.45, 2.75) is 200 Å². The molecule has 306 valence electrons. The molecule has 1 heterocycles. The Hall–Kier alpha value is -2.10. The van der Waals surface area contributed by atoms with E-state index >= 15 is 0 Å². The van der Waals surface area contributed by atoms with Gasteiger partial charge in [-0.3, -0.25) is 9.59 Å². The van der Waals surface area contributed by atoms with Crippen molar-refractivity contribution in [1.82, 2.24) is 4.90 Å². The van der Waals surface area contributed by atoms with Gasteiger partial charge >= 0.3 is 11.9 Å². The Kier molecular flexibility index (Phi) is 30.7. The van der Waals surface area contributed by atoms with Crippen molar-refractivity contribution in [3.63, 3.8) is 0 Å². The number of nitrogens with zero attached hydrogens (tertiary/aromatic N) is 1. The SMILES string of the molecule is C=C=C=C=CC(CCCCC)CC(=O)OCCCCCCCCC1(CCCCCCCCOC(=O)CC(C)CCCCC)OCC(CCN(C)CC)O1. The van der Waals surface area contributed by atoms with Crippen LogP contribution < -0.4 is 0 Å². The van der Waals surface area contributed by atoms with Crippen molar-refractivity contribution in [1.29, 1.82) is 0 Å². The summed E-state index contributed by atoms with van der Waals surface area (Å²) in [5.41, 5.74) is 8.27. The van der Waals surface area contributed by atoms with Gasteiger partial charge < -0.3 is 23.8 Å². The number of hydrogen-bond donors (Lipinski definition) is 0. The number of allylic oxidation sites excluding steroid dienone is 1. The molecule has 0 N–H and O–H groups in total. The number of ether oxygens (including phenoxy) is 4. The molecule has 0 spiro atoms. The molecule has 7 nitrogen and oxygen atoms in total. The highest BCUT2D eigenvalue weighted by atomic mass is 16.7. The van der Waals surface area contributed by atoms with E-state index in [4.69, 9.17) is 18.9 Å². The first-order valence-corrected chi connectivity index (χ1v) is 21.9.